The molecule has 4 rings (SSSR count). The van der Waals surface area contributed by atoms with Gasteiger partial charge >= 0.3 is 0 Å². The molecule has 1 aromatic carbocycles. The van der Waals surface area contributed by atoms with E-state index in [2.05, 4.69) is 41.4 Å². The molecule has 2 unspecified atom stereocenters. The Kier molecular flexibility index (Phi) is 3.12. The Morgan fingerprint density at radius 1 is 1.25 bits per heavy atom. The van der Waals surface area contributed by atoms with Crippen molar-refractivity contribution in [1.29, 1.82) is 0 Å². The lowest BCUT2D eigenvalue weighted by atomic mass is 9.76. The topological polar surface area (TPSA) is 15.3 Å². The molecule has 1 aromatic rings. The van der Waals surface area contributed by atoms with Gasteiger partial charge in [0.05, 0.1) is 0 Å². The Labute approximate surface area is 122 Å². The van der Waals surface area contributed by atoms with Crippen LogP contribution in [0, 0.1) is 0 Å². The van der Waals surface area contributed by atoms with Crippen LogP contribution in [0.15, 0.2) is 24.3 Å². The van der Waals surface area contributed by atoms with Crippen molar-refractivity contribution in [3.8, 4) is 0 Å². The number of hydrogen-bond acceptors (Lipinski definition) is 2. The van der Waals surface area contributed by atoms with E-state index in [1.807, 2.05) is 0 Å². The van der Waals surface area contributed by atoms with Crippen LogP contribution in [0.1, 0.15) is 49.7 Å². The van der Waals surface area contributed by atoms with Crippen LogP contribution in [0.2, 0.25) is 0 Å². The molecule has 0 radical (unpaired) electrons. The standard InChI is InChI=1S/C18H26N2/c1-14-11-20(18(13-19-14)8-4-5-9-18)12-16-10-15-6-2-3-7-17(15)16/h2-3,6-7,14,16,19H,4-5,8-13H2,1H3. The monoisotopic (exact) mass is 270 g/mol. The zero-order valence-corrected chi connectivity index (χ0v) is 12.6. The highest BCUT2D eigenvalue weighted by Gasteiger charge is 2.44. The van der Waals surface area contributed by atoms with E-state index in [1.54, 1.807) is 11.1 Å². The Morgan fingerprint density at radius 2 is 2.05 bits per heavy atom. The summed E-state index contributed by atoms with van der Waals surface area (Å²) in [6.45, 7) is 6.06. The van der Waals surface area contributed by atoms with Crippen molar-refractivity contribution >= 4 is 0 Å². The van der Waals surface area contributed by atoms with Crippen molar-refractivity contribution in [3.63, 3.8) is 0 Å². The van der Waals surface area contributed by atoms with Crippen molar-refractivity contribution in [2.75, 3.05) is 19.6 Å². The average Bonchev–Trinajstić information content (AvgIpc) is 2.90. The second-order valence-electron chi connectivity index (χ2n) is 7.22. The highest BCUT2D eigenvalue weighted by atomic mass is 15.3. The fraction of sp³-hybridized carbons (Fsp3) is 0.667. The molecule has 1 heterocycles. The van der Waals surface area contributed by atoms with Gasteiger partial charge in [-0.15, -0.1) is 0 Å². The van der Waals surface area contributed by atoms with Gasteiger partial charge in [-0.1, -0.05) is 37.1 Å². The third-order valence-electron chi connectivity index (χ3n) is 5.88. The number of rotatable bonds is 2. The summed E-state index contributed by atoms with van der Waals surface area (Å²) < 4.78 is 0. The van der Waals surface area contributed by atoms with Crippen LogP contribution in [-0.2, 0) is 6.42 Å². The third-order valence-corrected chi connectivity index (χ3v) is 5.88. The SMILES string of the molecule is CC1CN(CC2Cc3ccccc32)C2(CCCC2)CN1. The van der Waals surface area contributed by atoms with E-state index in [0.717, 1.165) is 5.92 Å². The minimum absolute atomic E-state index is 0.483. The summed E-state index contributed by atoms with van der Waals surface area (Å²) in [5.41, 5.74) is 3.69. The van der Waals surface area contributed by atoms with Crippen LogP contribution in [0.25, 0.3) is 0 Å². The minimum atomic E-state index is 0.483. The first-order valence-corrected chi connectivity index (χ1v) is 8.33. The van der Waals surface area contributed by atoms with Crippen molar-refractivity contribution in [3.05, 3.63) is 35.4 Å². The van der Waals surface area contributed by atoms with Gasteiger partial charge in [-0.3, -0.25) is 4.90 Å². The molecule has 1 saturated carbocycles. The molecule has 2 atom stereocenters. The quantitative estimate of drug-likeness (QED) is 0.889. The molecule has 0 aromatic heterocycles. The molecule has 2 fully saturated rings. The maximum Gasteiger partial charge on any atom is 0.0334 e. The molecule has 2 nitrogen and oxygen atoms in total. The van der Waals surface area contributed by atoms with Crippen molar-refractivity contribution in [2.45, 2.75) is 56.5 Å². The van der Waals surface area contributed by atoms with Crippen LogP contribution >= 0.6 is 0 Å². The highest BCUT2D eigenvalue weighted by Crippen LogP contribution is 2.41. The molecule has 2 aliphatic carbocycles. The summed E-state index contributed by atoms with van der Waals surface area (Å²) in [5, 5.41) is 3.73. The molecule has 0 amide bonds. The summed E-state index contributed by atoms with van der Waals surface area (Å²) >= 11 is 0. The smallest absolute Gasteiger partial charge is 0.0334 e. The second kappa shape index (κ2) is 4.85. The van der Waals surface area contributed by atoms with Gasteiger partial charge in [0.1, 0.15) is 0 Å². The van der Waals surface area contributed by atoms with Gasteiger partial charge in [-0.2, -0.15) is 0 Å². The first kappa shape index (κ1) is 12.8. The van der Waals surface area contributed by atoms with E-state index >= 15 is 0 Å². The first-order chi connectivity index (χ1) is 9.77. The number of hydrogen-bond donors (Lipinski definition) is 1. The fourth-order valence-electron chi connectivity index (χ4n) is 4.65. The molecule has 3 aliphatic rings. The molecular formula is C18H26N2. The molecule has 108 valence electrons. The number of fused-ring (bicyclic) bond motifs is 1. The van der Waals surface area contributed by atoms with E-state index < -0.39 is 0 Å². The molecule has 1 N–H and O–H groups in total. The highest BCUT2D eigenvalue weighted by molar-refractivity contribution is 5.40. The Balaban J connectivity index is 1.52. The number of nitrogens with one attached hydrogen (secondary N) is 1. The van der Waals surface area contributed by atoms with Gasteiger partial charge in [-0.05, 0) is 37.3 Å². The van der Waals surface area contributed by atoms with Gasteiger partial charge in [0.15, 0.2) is 0 Å². The largest absolute Gasteiger partial charge is 0.311 e. The maximum atomic E-state index is 3.73. The van der Waals surface area contributed by atoms with Gasteiger partial charge < -0.3 is 5.32 Å². The second-order valence-corrected chi connectivity index (χ2v) is 7.22. The van der Waals surface area contributed by atoms with Gasteiger partial charge in [0.2, 0.25) is 0 Å². The van der Waals surface area contributed by atoms with E-state index in [1.165, 1.54) is 51.7 Å². The summed E-state index contributed by atoms with van der Waals surface area (Å²) in [5.74, 6) is 0.786. The van der Waals surface area contributed by atoms with Gasteiger partial charge in [0, 0.05) is 37.1 Å². The fourth-order valence-corrected chi connectivity index (χ4v) is 4.65. The lowest BCUT2D eigenvalue weighted by Crippen LogP contribution is -2.63. The molecule has 2 heteroatoms. The molecular weight excluding hydrogens is 244 g/mol. The van der Waals surface area contributed by atoms with Crippen LogP contribution in [0.3, 0.4) is 0 Å². The molecule has 1 aliphatic heterocycles. The summed E-state index contributed by atoms with van der Waals surface area (Å²) in [6.07, 6.45) is 6.95. The average molecular weight is 270 g/mol. The lowest BCUT2D eigenvalue weighted by molar-refractivity contribution is 0.0388. The predicted octanol–water partition coefficient (Wildman–Crippen LogP) is 2.93. The van der Waals surface area contributed by atoms with Crippen molar-refractivity contribution in [2.24, 2.45) is 0 Å². The summed E-state index contributed by atoms with van der Waals surface area (Å²) in [6, 6.07) is 9.68. The maximum absolute atomic E-state index is 3.73. The zero-order valence-electron chi connectivity index (χ0n) is 12.6. The number of benzene rings is 1. The van der Waals surface area contributed by atoms with Crippen molar-refractivity contribution in [1.82, 2.24) is 10.2 Å². The van der Waals surface area contributed by atoms with Crippen LogP contribution in [0.5, 0.6) is 0 Å². The van der Waals surface area contributed by atoms with E-state index in [4.69, 9.17) is 0 Å². The summed E-state index contributed by atoms with van der Waals surface area (Å²) in [7, 11) is 0. The Morgan fingerprint density at radius 3 is 2.85 bits per heavy atom. The molecule has 0 bridgehead atoms. The van der Waals surface area contributed by atoms with Gasteiger partial charge in [0.25, 0.3) is 0 Å². The van der Waals surface area contributed by atoms with Crippen molar-refractivity contribution < 1.29 is 0 Å². The first-order valence-electron chi connectivity index (χ1n) is 8.33. The van der Waals surface area contributed by atoms with Crippen LogP contribution in [-0.4, -0.2) is 36.1 Å². The predicted molar refractivity (Wildman–Crippen MR) is 83.1 cm³/mol. The van der Waals surface area contributed by atoms with E-state index in [9.17, 15) is 0 Å². The Hall–Kier alpha value is -0.860. The number of nitrogens with zero attached hydrogens (tertiary/aromatic N) is 1. The van der Waals surface area contributed by atoms with E-state index in [-0.39, 0.29) is 0 Å². The summed E-state index contributed by atoms with van der Waals surface area (Å²) in [4.78, 5) is 2.85. The normalized spacial score (nSPS) is 32.0. The Bertz CT molecular complexity index is 490. The number of piperazine rings is 1. The molecule has 1 spiro atoms. The van der Waals surface area contributed by atoms with Crippen LogP contribution < -0.4 is 5.32 Å². The van der Waals surface area contributed by atoms with Crippen LogP contribution in [0.4, 0.5) is 0 Å². The van der Waals surface area contributed by atoms with E-state index in [0.29, 0.717) is 11.6 Å². The zero-order chi connectivity index (χ0) is 13.6. The molecule has 1 saturated heterocycles. The molecule has 20 heavy (non-hydrogen) atoms. The lowest BCUT2D eigenvalue weighted by Gasteiger charge is -2.50. The van der Waals surface area contributed by atoms with Gasteiger partial charge in [-0.25, -0.2) is 0 Å². The third kappa shape index (κ3) is 2.01. The minimum Gasteiger partial charge on any atom is -0.311 e.